The lowest BCUT2D eigenvalue weighted by Crippen LogP contribution is -2.54. The third-order valence-corrected chi connectivity index (χ3v) is 4.03. The summed E-state index contributed by atoms with van der Waals surface area (Å²) in [6.45, 7) is 7.09. The van der Waals surface area contributed by atoms with Gasteiger partial charge in [0.15, 0.2) is 0 Å². The zero-order valence-corrected chi connectivity index (χ0v) is 13.5. The van der Waals surface area contributed by atoms with E-state index in [-0.39, 0.29) is 0 Å². The van der Waals surface area contributed by atoms with Crippen LogP contribution < -0.4 is 5.32 Å². The molecule has 0 saturated carbocycles. The normalized spacial score (nSPS) is 24.3. The highest BCUT2D eigenvalue weighted by atomic mass is 16.6. The number of aliphatic carboxylic acids is 1. The minimum atomic E-state index is -0.983. The molecule has 1 amide bonds. The third kappa shape index (κ3) is 3.24. The molecule has 0 saturated heterocycles. The Kier molecular flexibility index (Phi) is 4.18. The summed E-state index contributed by atoms with van der Waals surface area (Å²) in [5.41, 5.74) is 0.300. The predicted octanol–water partition coefficient (Wildman–Crippen LogP) is 3.07. The molecule has 5 nitrogen and oxygen atoms in total. The van der Waals surface area contributed by atoms with Crippen molar-refractivity contribution in [2.45, 2.75) is 51.7 Å². The van der Waals surface area contributed by atoms with E-state index in [1.165, 1.54) is 0 Å². The highest BCUT2D eigenvalue weighted by molar-refractivity contribution is 5.76. The molecule has 1 aromatic rings. The lowest BCUT2D eigenvalue weighted by atomic mass is 9.70. The molecule has 0 radical (unpaired) electrons. The Morgan fingerprint density at radius 3 is 2.55 bits per heavy atom. The van der Waals surface area contributed by atoms with Crippen LogP contribution in [0, 0.1) is 5.92 Å². The molecule has 5 heteroatoms. The van der Waals surface area contributed by atoms with Gasteiger partial charge in [-0.3, -0.25) is 4.79 Å². The number of nitrogens with one attached hydrogen (secondary N) is 1. The number of benzene rings is 1. The van der Waals surface area contributed by atoms with Crippen molar-refractivity contribution in [3.8, 4) is 0 Å². The number of fused-ring (bicyclic) bond motifs is 1. The molecule has 22 heavy (non-hydrogen) atoms. The lowest BCUT2D eigenvalue weighted by molar-refractivity contribution is -0.145. The molecule has 2 N–H and O–H groups in total. The minimum absolute atomic E-state index is 0.485. The molecule has 0 aliphatic heterocycles. The number of amides is 1. The van der Waals surface area contributed by atoms with Crippen molar-refractivity contribution in [3.63, 3.8) is 0 Å². The van der Waals surface area contributed by atoms with Gasteiger partial charge in [0.2, 0.25) is 0 Å². The second-order valence-corrected chi connectivity index (χ2v) is 6.92. The zero-order chi connectivity index (χ0) is 16.5. The smallest absolute Gasteiger partial charge is 0.408 e. The van der Waals surface area contributed by atoms with Gasteiger partial charge in [0.25, 0.3) is 0 Å². The van der Waals surface area contributed by atoms with Gasteiger partial charge in [-0.25, -0.2) is 4.79 Å². The number of aryl methyl sites for hydroxylation is 1. The second-order valence-electron chi connectivity index (χ2n) is 6.92. The van der Waals surface area contributed by atoms with Crippen LogP contribution in [0.1, 0.15) is 45.2 Å². The Morgan fingerprint density at radius 1 is 1.32 bits per heavy atom. The van der Waals surface area contributed by atoms with E-state index in [9.17, 15) is 14.7 Å². The molecule has 120 valence electrons. The van der Waals surface area contributed by atoms with Gasteiger partial charge in [-0.15, -0.1) is 0 Å². The Labute approximate surface area is 130 Å². The van der Waals surface area contributed by atoms with Gasteiger partial charge < -0.3 is 15.2 Å². The number of alkyl carbamates (subject to hydrolysis) is 1. The fraction of sp³-hybridized carbons (Fsp3) is 0.529. The van der Waals surface area contributed by atoms with Gasteiger partial charge in [-0.1, -0.05) is 24.3 Å². The first-order valence-corrected chi connectivity index (χ1v) is 7.46. The summed E-state index contributed by atoms with van der Waals surface area (Å²) in [4.78, 5) is 23.8. The molecule has 2 atom stereocenters. The first kappa shape index (κ1) is 16.3. The van der Waals surface area contributed by atoms with E-state index < -0.39 is 29.1 Å². The van der Waals surface area contributed by atoms with Crippen LogP contribution in [0.4, 0.5) is 4.79 Å². The largest absolute Gasteiger partial charge is 0.481 e. The Balaban J connectivity index is 2.37. The third-order valence-electron chi connectivity index (χ3n) is 4.03. The fourth-order valence-electron chi connectivity index (χ4n) is 3.06. The molecular formula is C17H23NO4. The van der Waals surface area contributed by atoms with Crippen LogP contribution >= 0.6 is 0 Å². The SMILES string of the molecule is CC(C)(C)OC(=O)NC1(C)c2ccccc2CCC1C(=O)O. The Bertz CT molecular complexity index is 591. The molecule has 0 aromatic heterocycles. The maximum absolute atomic E-state index is 12.2. The summed E-state index contributed by atoms with van der Waals surface area (Å²) < 4.78 is 5.31. The van der Waals surface area contributed by atoms with Crippen molar-refractivity contribution in [1.82, 2.24) is 5.32 Å². The van der Waals surface area contributed by atoms with Gasteiger partial charge in [-0.05, 0) is 51.7 Å². The Morgan fingerprint density at radius 2 is 1.95 bits per heavy atom. The van der Waals surface area contributed by atoms with E-state index in [1.54, 1.807) is 27.7 Å². The summed E-state index contributed by atoms with van der Waals surface area (Å²) in [6, 6.07) is 7.64. The lowest BCUT2D eigenvalue weighted by Gasteiger charge is -2.41. The van der Waals surface area contributed by atoms with Gasteiger partial charge >= 0.3 is 12.1 Å². The number of carboxylic acids is 1. The van der Waals surface area contributed by atoms with Gasteiger partial charge in [0, 0.05) is 0 Å². The predicted molar refractivity (Wildman–Crippen MR) is 82.6 cm³/mol. The standard InChI is InChI=1S/C17H23NO4/c1-16(2,3)22-15(21)18-17(4)12-8-6-5-7-11(12)9-10-13(17)14(19)20/h5-8,13H,9-10H2,1-4H3,(H,18,21)(H,19,20). The summed E-state index contributed by atoms with van der Waals surface area (Å²) >= 11 is 0. The number of carbonyl (C=O) groups excluding carboxylic acids is 1. The van der Waals surface area contributed by atoms with Crippen LogP contribution in [0.3, 0.4) is 0 Å². The maximum atomic E-state index is 12.2. The number of hydrogen-bond donors (Lipinski definition) is 2. The van der Waals surface area contributed by atoms with Gasteiger partial charge in [0.05, 0.1) is 11.5 Å². The van der Waals surface area contributed by atoms with Crippen molar-refractivity contribution in [1.29, 1.82) is 0 Å². The average molecular weight is 305 g/mol. The molecule has 0 bridgehead atoms. The summed E-state index contributed by atoms with van der Waals surface area (Å²) in [5.74, 6) is -1.59. The van der Waals surface area contributed by atoms with Crippen molar-refractivity contribution < 1.29 is 19.4 Å². The van der Waals surface area contributed by atoms with Crippen LogP contribution in [0.2, 0.25) is 0 Å². The molecular weight excluding hydrogens is 282 g/mol. The highest BCUT2D eigenvalue weighted by Crippen LogP contribution is 2.40. The van der Waals surface area contributed by atoms with Crippen LogP contribution in [-0.2, 0) is 21.5 Å². The van der Waals surface area contributed by atoms with Gasteiger partial charge in [-0.2, -0.15) is 0 Å². The number of carboxylic acid groups (broad SMARTS) is 1. The monoisotopic (exact) mass is 305 g/mol. The van der Waals surface area contributed by atoms with Crippen LogP contribution in [0.15, 0.2) is 24.3 Å². The van der Waals surface area contributed by atoms with Crippen LogP contribution in [0.25, 0.3) is 0 Å². The molecule has 0 fully saturated rings. The maximum Gasteiger partial charge on any atom is 0.408 e. The first-order chi connectivity index (χ1) is 10.1. The molecule has 0 heterocycles. The van der Waals surface area contributed by atoms with E-state index in [0.717, 1.165) is 11.1 Å². The number of hydrogen-bond acceptors (Lipinski definition) is 3. The van der Waals surface area contributed by atoms with E-state index >= 15 is 0 Å². The molecule has 2 unspecified atom stereocenters. The minimum Gasteiger partial charge on any atom is -0.481 e. The fourth-order valence-corrected chi connectivity index (χ4v) is 3.06. The zero-order valence-electron chi connectivity index (χ0n) is 13.5. The summed E-state index contributed by atoms with van der Waals surface area (Å²) in [5, 5.41) is 12.4. The number of ether oxygens (including phenoxy) is 1. The molecule has 0 spiro atoms. The molecule has 2 rings (SSSR count). The quantitative estimate of drug-likeness (QED) is 0.880. The highest BCUT2D eigenvalue weighted by Gasteiger charge is 2.46. The van der Waals surface area contributed by atoms with Crippen molar-refractivity contribution >= 4 is 12.1 Å². The van der Waals surface area contributed by atoms with E-state index in [1.807, 2.05) is 24.3 Å². The van der Waals surface area contributed by atoms with Crippen molar-refractivity contribution in [2.24, 2.45) is 5.92 Å². The molecule has 1 aliphatic carbocycles. The van der Waals surface area contributed by atoms with E-state index in [4.69, 9.17) is 4.74 Å². The number of carbonyl (C=O) groups is 2. The summed E-state index contributed by atoms with van der Waals surface area (Å²) in [7, 11) is 0. The van der Waals surface area contributed by atoms with E-state index in [2.05, 4.69) is 5.32 Å². The molecule has 1 aromatic carbocycles. The average Bonchev–Trinajstić information content (AvgIpc) is 2.36. The van der Waals surface area contributed by atoms with Crippen LogP contribution in [0.5, 0.6) is 0 Å². The van der Waals surface area contributed by atoms with Crippen molar-refractivity contribution in [2.75, 3.05) is 0 Å². The van der Waals surface area contributed by atoms with Crippen molar-refractivity contribution in [3.05, 3.63) is 35.4 Å². The van der Waals surface area contributed by atoms with E-state index in [0.29, 0.717) is 12.8 Å². The Hall–Kier alpha value is -2.04. The number of rotatable bonds is 2. The first-order valence-electron chi connectivity index (χ1n) is 7.46. The van der Waals surface area contributed by atoms with Crippen LogP contribution in [-0.4, -0.2) is 22.8 Å². The topological polar surface area (TPSA) is 75.6 Å². The second kappa shape index (κ2) is 5.63. The summed E-state index contributed by atoms with van der Waals surface area (Å²) in [6.07, 6.45) is 0.579. The molecule has 1 aliphatic rings. The van der Waals surface area contributed by atoms with Gasteiger partial charge in [0.1, 0.15) is 5.60 Å².